The summed E-state index contributed by atoms with van der Waals surface area (Å²) in [4.78, 5) is 12.3. The lowest BCUT2D eigenvalue weighted by Crippen LogP contribution is -2.41. The van der Waals surface area contributed by atoms with Crippen molar-refractivity contribution >= 4 is 11.6 Å². The highest BCUT2D eigenvalue weighted by atomic mass is 16.5. The minimum atomic E-state index is -0.185. The number of hydrogen-bond donors (Lipinski definition) is 2. The zero-order chi connectivity index (χ0) is 13.8. The molecular weight excluding hydrogens is 256 g/mol. The molecule has 2 aromatic heterocycles. The van der Waals surface area contributed by atoms with E-state index in [1.54, 1.807) is 12.4 Å². The molecule has 0 aromatic carbocycles. The summed E-state index contributed by atoms with van der Waals surface area (Å²) in [5, 5.41) is 9.38. The number of aromatic amines is 1. The van der Waals surface area contributed by atoms with Gasteiger partial charge in [0.25, 0.3) is 0 Å². The SMILES string of the molecule is O=C(CC1(n2cccc2)CCOCC1)Nc1cn[nH]c1. The molecule has 2 aromatic rings. The van der Waals surface area contributed by atoms with Gasteiger partial charge in [-0.25, -0.2) is 0 Å². The summed E-state index contributed by atoms with van der Waals surface area (Å²) >= 11 is 0. The zero-order valence-corrected chi connectivity index (χ0v) is 11.2. The second-order valence-corrected chi connectivity index (χ2v) is 5.14. The van der Waals surface area contributed by atoms with Crippen LogP contribution in [0.5, 0.6) is 0 Å². The van der Waals surface area contributed by atoms with Crippen molar-refractivity contribution in [3.63, 3.8) is 0 Å². The number of carbonyl (C=O) groups is 1. The molecule has 2 N–H and O–H groups in total. The van der Waals surface area contributed by atoms with Crippen LogP contribution in [-0.2, 0) is 15.1 Å². The minimum Gasteiger partial charge on any atom is -0.381 e. The molecule has 1 fully saturated rings. The topological polar surface area (TPSA) is 71.9 Å². The number of aromatic nitrogens is 3. The van der Waals surface area contributed by atoms with Crippen LogP contribution < -0.4 is 5.32 Å². The number of carbonyl (C=O) groups excluding carboxylic acids is 1. The fourth-order valence-corrected chi connectivity index (χ4v) is 2.75. The van der Waals surface area contributed by atoms with Gasteiger partial charge in [0.05, 0.1) is 23.8 Å². The molecule has 0 bridgehead atoms. The molecule has 1 aliphatic heterocycles. The molecule has 6 nitrogen and oxygen atoms in total. The third kappa shape index (κ3) is 2.60. The molecule has 1 amide bonds. The largest absolute Gasteiger partial charge is 0.381 e. The quantitative estimate of drug-likeness (QED) is 0.892. The second kappa shape index (κ2) is 5.50. The van der Waals surface area contributed by atoms with Gasteiger partial charge in [-0.15, -0.1) is 0 Å². The molecule has 0 unspecified atom stereocenters. The van der Waals surface area contributed by atoms with E-state index >= 15 is 0 Å². The minimum absolute atomic E-state index is 0.00185. The monoisotopic (exact) mass is 274 g/mol. The van der Waals surface area contributed by atoms with Crippen LogP contribution in [0.4, 0.5) is 5.69 Å². The third-order valence-corrected chi connectivity index (χ3v) is 3.85. The number of H-pyrrole nitrogens is 1. The normalized spacial score (nSPS) is 17.8. The van der Waals surface area contributed by atoms with Gasteiger partial charge < -0.3 is 14.6 Å². The van der Waals surface area contributed by atoms with E-state index in [2.05, 4.69) is 20.1 Å². The number of amides is 1. The highest BCUT2D eigenvalue weighted by molar-refractivity contribution is 5.91. The van der Waals surface area contributed by atoms with Crippen molar-refractivity contribution in [2.75, 3.05) is 18.5 Å². The first-order chi connectivity index (χ1) is 9.78. The number of anilines is 1. The molecular formula is C14H18N4O2. The van der Waals surface area contributed by atoms with Gasteiger partial charge in [0.15, 0.2) is 0 Å². The fourth-order valence-electron chi connectivity index (χ4n) is 2.75. The molecule has 106 valence electrons. The lowest BCUT2D eigenvalue weighted by molar-refractivity contribution is -0.119. The Morgan fingerprint density at radius 2 is 2.15 bits per heavy atom. The Labute approximate surface area is 117 Å². The Hall–Kier alpha value is -2.08. The van der Waals surface area contributed by atoms with E-state index in [1.807, 2.05) is 24.5 Å². The zero-order valence-electron chi connectivity index (χ0n) is 11.2. The van der Waals surface area contributed by atoms with Crippen LogP contribution in [-0.4, -0.2) is 33.9 Å². The van der Waals surface area contributed by atoms with Gasteiger partial charge in [-0.2, -0.15) is 5.10 Å². The summed E-state index contributed by atoms with van der Waals surface area (Å²) in [5.74, 6) is 0.00185. The predicted molar refractivity (Wildman–Crippen MR) is 74.3 cm³/mol. The first-order valence-electron chi connectivity index (χ1n) is 6.78. The van der Waals surface area contributed by atoms with E-state index in [0.717, 1.165) is 12.8 Å². The smallest absolute Gasteiger partial charge is 0.226 e. The van der Waals surface area contributed by atoms with E-state index in [4.69, 9.17) is 4.74 Å². The lowest BCUT2D eigenvalue weighted by Gasteiger charge is -2.38. The summed E-state index contributed by atoms with van der Waals surface area (Å²) in [5.41, 5.74) is 0.514. The molecule has 6 heteroatoms. The molecule has 1 aliphatic rings. The van der Waals surface area contributed by atoms with Crippen LogP contribution in [0.3, 0.4) is 0 Å². The molecule has 1 saturated heterocycles. The average molecular weight is 274 g/mol. The van der Waals surface area contributed by atoms with Crippen LogP contribution in [0.1, 0.15) is 19.3 Å². The van der Waals surface area contributed by atoms with E-state index in [0.29, 0.717) is 25.3 Å². The Balaban J connectivity index is 1.75. The molecule has 0 spiro atoms. The highest BCUT2D eigenvalue weighted by Crippen LogP contribution is 2.33. The van der Waals surface area contributed by atoms with Crippen molar-refractivity contribution in [3.05, 3.63) is 36.9 Å². The maximum absolute atomic E-state index is 12.3. The van der Waals surface area contributed by atoms with Gasteiger partial charge in [-0.05, 0) is 25.0 Å². The van der Waals surface area contributed by atoms with E-state index in [1.165, 1.54) is 0 Å². The standard InChI is InChI=1S/C14H18N4O2/c19-13(17-12-10-15-16-11-12)9-14(3-7-20-8-4-14)18-5-1-2-6-18/h1-2,5-6,10-11H,3-4,7-9H2,(H,15,16)(H,17,19). The maximum atomic E-state index is 12.3. The van der Waals surface area contributed by atoms with Crippen molar-refractivity contribution < 1.29 is 9.53 Å². The maximum Gasteiger partial charge on any atom is 0.226 e. The van der Waals surface area contributed by atoms with E-state index in [-0.39, 0.29) is 11.4 Å². The second-order valence-electron chi connectivity index (χ2n) is 5.14. The van der Waals surface area contributed by atoms with Gasteiger partial charge in [0.1, 0.15) is 0 Å². The Kier molecular flexibility index (Phi) is 3.56. The van der Waals surface area contributed by atoms with Gasteiger partial charge in [-0.1, -0.05) is 0 Å². The summed E-state index contributed by atoms with van der Waals surface area (Å²) in [6.07, 6.45) is 9.46. The van der Waals surface area contributed by atoms with Crippen molar-refractivity contribution in [2.24, 2.45) is 0 Å². The van der Waals surface area contributed by atoms with Gasteiger partial charge in [0.2, 0.25) is 5.91 Å². The molecule has 20 heavy (non-hydrogen) atoms. The summed E-state index contributed by atoms with van der Waals surface area (Å²) in [6, 6.07) is 3.98. The fraction of sp³-hybridized carbons (Fsp3) is 0.429. The van der Waals surface area contributed by atoms with Crippen LogP contribution in [0.15, 0.2) is 36.9 Å². The summed E-state index contributed by atoms with van der Waals surface area (Å²) in [7, 11) is 0. The van der Waals surface area contributed by atoms with Crippen molar-refractivity contribution in [3.8, 4) is 0 Å². The predicted octanol–water partition coefficient (Wildman–Crippen LogP) is 1.75. The number of ether oxygens (including phenoxy) is 1. The van der Waals surface area contributed by atoms with Crippen LogP contribution >= 0.6 is 0 Å². The van der Waals surface area contributed by atoms with Gasteiger partial charge in [0, 0.05) is 31.8 Å². The van der Waals surface area contributed by atoms with E-state index < -0.39 is 0 Å². The molecule has 0 aliphatic carbocycles. The lowest BCUT2D eigenvalue weighted by atomic mass is 9.86. The average Bonchev–Trinajstić information content (AvgIpc) is 3.12. The van der Waals surface area contributed by atoms with Crippen LogP contribution in [0, 0.1) is 0 Å². The highest BCUT2D eigenvalue weighted by Gasteiger charge is 2.36. The summed E-state index contributed by atoms with van der Waals surface area (Å²) in [6.45, 7) is 1.38. The van der Waals surface area contributed by atoms with Crippen LogP contribution in [0.2, 0.25) is 0 Å². The molecule has 0 saturated carbocycles. The van der Waals surface area contributed by atoms with E-state index in [9.17, 15) is 4.79 Å². The van der Waals surface area contributed by atoms with Gasteiger partial charge in [-0.3, -0.25) is 9.89 Å². The van der Waals surface area contributed by atoms with Gasteiger partial charge >= 0.3 is 0 Å². The van der Waals surface area contributed by atoms with Crippen molar-refractivity contribution in [1.82, 2.24) is 14.8 Å². The van der Waals surface area contributed by atoms with Crippen molar-refractivity contribution in [2.45, 2.75) is 24.8 Å². The third-order valence-electron chi connectivity index (χ3n) is 3.85. The molecule has 3 heterocycles. The Morgan fingerprint density at radius 1 is 1.40 bits per heavy atom. The van der Waals surface area contributed by atoms with Crippen LogP contribution in [0.25, 0.3) is 0 Å². The molecule has 3 rings (SSSR count). The molecule has 0 radical (unpaired) electrons. The Bertz CT molecular complexity index is 542. The molecule has 0 atom stereocenters. The summed E-state index contributed by atoms with van der Waals surface area (Å²) < 4.78 is 7.59. The first kappa shape index (κ1) is 12.9. The Morgan fingerprint density at radius 3 is 2.80 bits per heavy atom. The number of nitrogens with zero attached hydrogens (tertiary/aromatic N) is 2. The number of nitrogens with one attached hydrogen (secondary N) is 2. The number of hydrogen-bond acceptors (Lipinski definition) is 3. The first-order valence-corrected chi connectivity index (χ1v) is 6.78. The number of rotatable bonds is 4. The van der Waals surface area contributed by atoms with Crippen molar-refractivity contribution in [1.29, 1.82) is 0 Å².